The molecule has 128 valence electrons. The van der Waals surface area contributed by atoms with E-state index in [1.165, 1.54) is 63.4 Å². The van der Waals surface area contributed by atoms with Crippen molar-refractivity contribution in [2.75, 3.05) is 64.4 Å². The minimum absolute atomic E-state index is 0.538. The van der Waals surface area contributed by atoms with E-state index >= 15 is 0 Å². The first-order chi connectivity index (χ1) is 11.3. The number of anilines is 1. The number of piperazine rings is 1. The Bertz CT molecular complexity index is 485. The molecule has 0 bridgehead atoms. The molecule has 23 heavy (non-hydrogen) atoms. The van der Waals surface area contributed by atoms with Crippen LogP contribution in [0, 0.1) is 0 Å². The molecule has 2 heterocycles. The number of nitrogens with zero attached hydrogens (tertiary/aromatic N) is 3. The highest BCUT2D eigenvalue weighted by Crippen LogP contribution is 2.26. The molecule has 2 aliphatic heterocycles. The third-order valence-corrected chi connectivity index (χ3v) is 5.33. The fourth-order valence-electron chi connectivity index (χ4n) is 3.88. The number of aryl methyl sites for hydroxylation is 1. The van der Waals surface area contributed by atoms with Crippen molar-refractivity contribution in [3.63, 3.8) is 0 Å². The van der Waals surface area contributed by atoms with Crippen LogP contribution in [0.1, 0.15) is 18.9 Å². The standard InChI is InChI=1S/C19H31N3O/c1-17(16-23-2)21-13-10-20(11-14-21)12-15-22-9-5-7-18-6-3-4-8-19(18)22/h3-4,6,8,17H,5,7,9-16H2,1-2H3. The smallest absolute Gasteiger partial charge is 0.0615 e. The summed E-state index contributed by atoms with van der Waals surface area (Å²) in [7, 11) is 1.79. The predicted molar refractivity (Wildman–Crippen MR) is 96.3 cm³/mol. The van der Waals surface area contributed by atoms with Crippen LogP contribution in [0.3, 0.4) is 0 Å². The highest BCUT2D eigenvalue weighted by atomic mass is 16.5. The van der Waals surface area contributed by atoms with Gasteiger partial charge in [-0.25, -0.2) is 0 Å². The van der Waals surface area contributed by atoms with Gasteiger partial charge in [-0.15, -0.1) is 0 Å². The summed E-state index contributed by atoms with van der Waals surface area (Å²) in [5, 5.41) is 0. The van der Waals surface area contributed by atoms with Gasteiger partial charge in [-0.1, -0.05) is 18.2 Å². The van der Waals surface area contributed by atoms with E-state index in [4.69, 9.17) is 4.74 Å². The van der Waals surface area contributed by atoms with E-state index in [0.717, 1.165) is 13.2 Å². The van der Waals surface area contributed by atoms with Gasteiger partial charge in [0.05, 0.1) is 6.61 Å². The molecule has 0 aromatic heterocycles. The first kappa shape index (κ1) is 16.7. The van der Waals surface area contributed by atoms with Crippen molar-refractivity contribution >= 4 is 5.69 Å². The first-order valence-corrected chi connectivity index (χ1v) is 9.06. The van der Waals surface area contributed by atoms with Gasteiger partial charge < -0.3 is 9.64 Å². The van der Waals surface area contributed by atoms with E-state index in [-0.39, 0.29) is 0 Å². The molecule has 0 aliphatic carbocycles. The summed E-state index contributed by atoms with van der Waals surface area (Å²) in [5.74, 6) is 0. The van der Waals surface area contributed by atoms with Gasteiger partial charge in [-0.05, 0) is 31.4 Å². The lowest BCUT2D eigenvalue weighted by atomic mass is 10.0. The lowest BCUT2D eigenvalue weighted by Gasteiger charge is -2.39. The number of rotatable bonds is 6. The Hall–Kier alpha value is -1.10. The molecule has 1 fully saturated rings. The Morgan fingerprint density at radius 3 is 2.61 bits per heavy atom. The second-order valence-corrected chi connectivity index (χ2v) is 6.90. The maximum absolute atomic E-state index is 5.28. The van der Waals surface area contributed by atoms with Gasteiger partial charge >= 0.3 is 0 Å². The Balaban J connectivity index is 1.46. The lowest BCUT2D eigenvalue weighted by molar-refractivity contribution is 0.0581. The molecule has 0 radical (unpaired) electrons. The Morgan fingerprint density at radius 2 is 1.83 bits per heavy atom. The molecule has 0 saturated carbocycles. The van der Waals surface area contributed by atoms with Crippen LogP contribution >= 0.6 is 0 Å². The quantitative estimate of drug-likeness (QED) is 0.800. The molecule has 1 aromatic carbocycles. The average molecular weight is 317 g/mol. The second kappa shape index (κ2) is 8.13. The molecular weight excluding hydrogens is 286 g/mol. The van der Waals surface area contributed by atoms with Crippen molar-refractivity contribution in [1.29, 1.82) is 0 Å². The molecule has 1 atom stereocenters. The highest BCUT2D eigenvalue weighted by molar-refractivity contribution is 5.55. The second-order valence-electron chi connectivity index (χ2n) is 6.90. The Labute approximate surface area is 141 Å². The van der Waals surface area contributed by atoms with Gasteiger partial charge in [0.15, 0.2) is 0 Å². The summed E-state index contributed by atoms with van der Waals surface area (Å²) < 4.78 is 5.28. The zero-order valence-electron chi connectivity index (χ0n) is 14.7. The van der Waals surface area contributed by atoms with Crippen molar-refractivity contribution in [3.8, 4) is 0 Å². The van der Waals surface area contributed by atoms with Crippen LogP contribution in [-0.2, 0) is 11.2 Å². The van der Waals surface area contributed by atoms with Gasteiger partial charge in [0, 0.05) is 64.7 Å². The molecule has 3 rings (SSSR count). The van der Waals surface area contributed by atoms with Crippen LogP contribution in [0.5, 0.6) is 0 Å². The first-order valence-electron chi connectivity index (χ1n) is 9.06. The summed E-state index contributed by atoms with van der Waals surface area (Å²) in [6.45, 7) is 11.4. The Morgan fingerprint density at radius 1 is 1.04 bits per heavy atom. The topological polar surface area (TPSA) is 19.0 Å². The van der Waals surface area contributed by atoms with Crippen LogP contribution in [0.15, 0.2) is 24.3 Å². The number of para-hydroxylation sites is 1. The minimum atomic E-state index is 0.538. The van der Waals surface area contributed by atoms with Crippen molar-refractivity contribution in [2.24, 2.45) is 0 Å². The minimum Gasteiger partial charge on any atom is -0.383 e. The normalized spacial score (nSPS) is 21.2. The number of fused-ring (bicyclic) bond motifs is 1. The van der Waals surface area contributed by atoms with Gasteiger partial charge in [-0.3, -0.25) is 9.80 Å². The SMILES string of the molecule is COCC(C)N1CCN(CCN2CCCc3ccccc32)CC1. The number of hydrogen-bond donors (Lipinski definition) is 0. The number of ether oxygens (including phenoxy) is 1. The van der Waals surface area contributed by atoms with E-state index in [9.17, 15) is 0 Å². The van der Waals surface area contributed by atoms with Crippen LogP contribution in [0.2, 0.25) is 0 Å². The van der Waals surface area contributed by atoms with Crippen LogP contribution in [0.25, 0.3) is 0 Å². The third kappa shape index (κ3) is 4.25. The molecule has 0 spiro atoms. The number of methoxy groups -OCH3 is 1. The lowest BCUT2D eigenvalue weighted by Crippen LogP contribution is -2.52. The van der Waals surface area contributed by atoms with Crippen molar-refractivity contribution in [2.45, 2.75) is 25.8 Å². The van der Waals surface area contributed by atoms with Crippen molar-refractivity contribution in [1.82, 2.24) is 9.80 Å². The fraction of sp³-hybridized carbons (Fsp3) is 0.684. The molecule has 0 N–H and O–H groups in total. The molecule has 1 saturated heterocycles. The van der Waals surface area contributed by atoms with Crippen LogP contribution in [0.4, 0.5) is 5.69 Å². The van der Waals surface area contributed by atoms with Gasteiger partial charge in [0.25, 0.3) is 0 Å². The predicted octanol–water partition coefficient (Wildman–Crippen LogP) is 2.09. The van der Waals surface area contributed by atoms with E-state index in [0.29, 0.717) is 6.04 Å². The third-order valence-electron chi connectivity index (χ3n) is 5.33. The highest BCUT2D eigenvalue weighted by Gasteiger charge is 2.22. The molecule has 1 unspecified atom stereocenters. The average Bonchev–Trinajstić information content (AvgIpc) is 2.60. The van der Waals surface area contributed by atoms with Gasteiger partial charge in [-0.2, -0.15) is 0 Å². The van der Waals surface area contributed by atoms with Crippen molar-refractivity contribution < 1.29 is 4.74 Å². The summed E-state index contributed by atoms with van der Waals surface area (Å²) >= 11 is 0. The number of benzene rings is 1. The maximum atomic E-state index is 5.28. The largest absolute Gasteiger partial charge is 0.383 e. The summed E-state index contributed by atoms with van der Waals surface area (Å²) in [4.78, 5) is 7.75. The van der Waals surface area contributed by atoms with Gasteiger partial charge in [0.2, 0.25) is 0 Å². The zero-order valence-corrected chi connectivity index (χ0v) is 14.7. The Kier molecular flexibility index (Phi) is 5.92. The summed E-state index contributed by atoms with van der Waals surface area (Å²) in [6, 6.07) is 9.46. The molecule has 0 amide bonds. The monoisotopic (exact) mass is 317 g/mol. The number of hydrogen-bond acceptors (Lipinski definition) is 4. The molecule has 4 heteroatoms. The maximum Gasteiger partial charge on any atom is 0.0615 e. The zero-order chi connectivity index (χ0) is 16.1. The summed E-state index contributed by atoms with van der Waals surface area (Å²) in [6.07, 6.45) is 2.53. The van der Waals surface area contributed by atoms with E-state index in [1.807, 2.05) is 0 Å². The molecule has 1 aromatic rings. The van der Waals surface area contributed by atoms with Crippen molar-refractivity contribution in [3.05, 3.63) is 29.8 Å². The molecule has 2 aliphatic rings. The van der Waals surface area contributed by atoms with Crippen LogP contribution < -0.4 is 4.90 Å². The van der Waals surface area contributed by atoms with E-state index in [1.54, 1.807) is 7.11 Å². The summed E-state index contributed by atoms with van der Waals surface area (Å²) in [5.41, 5.74) is 2.99. The van der Waals surface area contributed by atoms with E-state index < -0.39 is 0 Å². The molecule has 4 nitrogen and oxygen atoms in total. The van der Waals surface area contributed by atoms with Gasteiger partial charge in [0.1, 0.15) is 0 Å². The fourth-order valence-corrected chi connectivity index (χ4v) is 3.88. The van der Waals surface area contributed by atoms with Crippen LogP contribution in [-0.4, -0.2) is 75.4 Å². The van der Waals surface area contributed by atoms with E-state index in [2.05, 4.69) is 45.9 Å². The molecular formula is C19H31N3O.